The van der Waals surface area contributed by atoms with Crippen molar-refractivity contribution in [2.24, 2.45) is 0 Å². The van der Waals surface area contributed by atoms with Crippen molar-refractivity contribution in [1.82, 2.24) is 9.78 Å². The highest BCUT2D eigenvalue weighted by Crippen LogP contribution is 2.18. The highest BCUT2D eigenvalue weighted by atomic mass is 28.3. The lowest BCUT2D eigenvalue weighted by atomic mass is 10.2. The van der Waals surface area contributed by atoms with Crippen molar-refractivity contribution in [3.63, 3.8) is 0 Å². The van der Waals surface area contributed by atoms with E-state index in [0.29, 0.717) is 6.73 Å². The van der Waals surface area contributed by atoms with Crippen LogP contribution in [0.25, 0.3) is 10.9 Å². The molecule has 0 amide bonds. The fourth-order valence-electron chi connectivity index (χ4n) is 1.87. The summed E-state index contributed by atoms with van der Waals surface area (Å²) in [5.74, 6) is 0. The molecule has 5 heteroatoms. The maximum absolute atomic E-state index is 5.74. The molecule has 0 atom stereocenters. The zero-order chi connectivity index (χ0) is 13.9. The third-order valence-electron chi connectivity index (χ3n) is 3.14. The van der Waals surface area contributed by atoms with Gasteiger partial charge in [-0.1, -0.05) is 19.6 Å². The van der Waals surface area contributed by atoms with Crippen LogP contribution < -0.4 is 5.32 Å². The Kier molecular flexibility index (Phi) is 4.26. The van der Waals surface area contributed by atoms with Crippen LogP contribution in [0.1, 0.15) is 0 Å². The number of fused-ring (bicyclic) bond motifs is 1. The third-order valence-corrected chi connectivity index (χ3v) is 4.84. The fourth-order valence-corrected chi connectivity index (χ4v) is 2.63. The van der Waals surface area contributed by atoms with E-state index < -0.39 is 8.07 Å². The quantitative estimate of drug-likeness (QED) is 0.650. The van der Waals surface area contributed by atoms with Gasteiger partial charge in [0.05, 0.1) is 11.7 Å². The van der Waals surface area contributed by atoms with Gasteiger partial charge in [0.1, 0.15) is 6.73 Å². The van der Waals surface area contributed by atoms with Crippen LogP contribution in [0.15, 0.2) is 24.4 Å². The van der Waals surface area contributed by atoms with E-state index in [1.807, 2.05) is 17.9 Å². The number of ether oxygens (including phenoxy) is 1. The summed E-state index contributed by atoms with van der Waals surface area (Å²) in [5.41, 5.74) is 2.22. The standard InChI is InChI=1S/C14H23N3OSi/c1-15-13-5-6-14-12(9-13)10-16-17(14)11-18-7-8-19(2,3)4/h5-6,9-10,15H,7-8,11H2,1-4H3. The van der Waals surface area contributed by atoms with Crippen molar-refractivity contribution in [2.75, 3.05) is 19.0 Å². The van der Waals surface area contributed by atoms with Crippen LogP contribution >= 0.6 is 0 Å². The van der Waals surface area contributed by atoms with E-state index in [0.717, 1.165) is 23.2 Å². The number of anilines is 1. The molecule has 1 N–H and O–H groups in total. The van der Waals surface area contributed by atoms with E-state index in [1.54, 1.807) is 0 Å². The second kappa shape index (κ2) is 5.75. The second-order valence-electron chi connectivity index (χ2n) is 6.02. The average Bonchev–Trinajstić information content (AvgIpc) is 2.75. The first kappa shape index (κ1) is 14.1. The summed E-state index contributed by atoms with van der Waals surface area (Å²) in [4.78, 5) is 0. The molecule has 0 spiro atoms. The molecule has 1 heterocycles. The number of hydrogen-bond acceptors (Lipinski definition) is 3. The molecule has 2 aromatic rings. The van der Waals surface area contributed by atoms with Gasteiger partial charge in [0, 0.05) is 32.8 Å². The summed E-state index contributed by atoms with van der Waals surface area (Å²) in [6.07, 6.45) is 1.89. The Bertz CT molecular complexity index is 545. The van der Waals surface area contributed by atoms with Crippen molar-refractivity contribution in [3.05, 3.63) is 24.4 Å². The van der Waals surface area contributed by atoms with Gasteiger partial charge < -0.3 is 10.1 Å². The van der Waals surface area contributed by atoms with Crippen molar-refractivity contribution in [3.8, 4) is 0 Å². The van der Waals surface area contributed by atoms with E-state index in [4.69, 9.17) is 4.74 Å². The first-order valence-electron chi connectivity index (χ1n) is 6.71. The molecule has 1 aromatic carbocycles. The molecule has 2 rings (SSSR count). The van der Waals surface area contributed by atoms with Crippen molar-refractivity contribution in [2.45, 2.75) is 32.4 Å². The summed E-state index contributed by atoms with van der Waals surface area (Å²) in [5, 5.41) is 8.65. The van der Waals surface area contributed by atoms with Gasteiger partial charge in [0.15, 0.2) is 0 Å². The molecule has 0 aliphatic rings. The Morgan fingerprint density at radius 3 is 2.79 bits per heavy atom. The largest absolute Gasteiger partial charge is 0.388 e. The molecule has 0 bridgehead atoms. The van der Waals surface area contributed by atoms with Crippen LogP contribution in [0, 0.1) is 0 Å². The third kappa shape index (κ3) is 3.81. The Labute approximate surface area is 115 Å². The minimum Gasteiger partial charge on any atom is -0.388 e. The lowest BCUT2D eigenvalue weighted by Gasteiger charge is -2.15. The molecule has 0 aliphatic heterocycles. The topological polar surface area (TPSA) is 39.1 Å². The minimum atomic E-state index is -1.01. The number of benzene rings is 1. The smallest absolute Gasteiger partial charge is 0.139 e. The summed E-state index contributed by atoms with van der Waals surface area (Å²) in [6.45, 7) is 8.44. The normalized spacial score (nSPS) is 12.0. The predicted octanol–water partition coefficient (Wildman–Crippen LogP) is 3.39. The Hall–Kier alpha value is -1.33. The van der Waals surface area contributed by atoms with Gasteiger partial charge in [-0.25, -0.2) is 4.68 Å². The monoisotopic (exact) mass is 277 g/mol. The molecule has 0 saturated heterocycles. The molecule has 0 saturated carbocycles. The highest BCUT2D eigenvalue weighted by molar-refractivity contribution is 6.76. The maximum Gasteiger partial charge on any atom is 0.139 e. The molecular formula is C14H23N3OSi. The van der Waals surface area contributed by atoms with Crippen LogP contribution in [0.3, 0.4) is 0 Å². The number of aromatic nitrogens is 2. The first-order valence-corrected chi connectivity index (χ1v) is 10.4. The van der Waals surface area contributed by atoms with E-state index in [1.165, 1.54) is 6.04 Å². The number of nitrogens with one attached hydrogen (secondary N) is 1. The molecule has 4 nitrogen and oxygen atoms in total. The highest BCUT2D eigenvalue weighted by Gasteiger charge is 2.12. The van der Waals surface area contributed by atoms with Crippen molar-refractivity contribution < 1.29 is 4.74 Å². The van der Waals surface area contributed by atoms with Crippen molar-refractivity contribution >= 4 is 24.7 Å². The van der Waals surface area contributed by atoms with E-state index in [2.05, 4.69) is 48.3 Å². The molecule has 19 heavy (non-hydrogen) atoms. The maximum atomic E-state index is 5.74. The van der Waals surface area contributed by atoms with E-state index in [9.17, 15) is 0 Å². The summed E-state index contributed by atoms with van der Waals surface area (Å²) >= 11 is 0. The van der Waals surface area contributed by atoms with Gasteiger partial charge in [-0.15, -0.1) is 0 Å². The fraction of sp³-hybridized carbons (Fsp3) is 0.500. The Balaban J connectivity index is 1.98. The Morgan fingerprint density at radius 2 is 2.11 bits per heavy atom. The zero-order valence-electron chi connectivity index (χ0n) is 12.2. The molecule has 1 aromatic heterocycles. The number of rotatable bonds is 6. The predicted molar refractivity (Wildman–Crippen MR) is 83.4 cm³/mol. The number of nitrogens with zero attached hydrogens (tertiary/aromatic N) is 2. The van der Waals surface area contributed by atoms with Crippen LogP contribution in [-0.4, -0.2) is 31.5 Å². The summed E-state index contributed by atoms with van der Waals surface area (Å²) in [6, 6.07) is 7.43. The molecule has 0 unspecified atom stereocenters. The summed E-state index contributed by atoms with van der Waals surface area (Å²) in [7, 11) is 0.913. The van der Waals surface area contributed by atoms with Crippen LogP contribution in [0.5, 0.6) is 0 Å². The van der Waals surface area contributed by atoms with Crippen LogP contribution in [-0.2, 0) is 11.5 Å². The lowest BCUT2D eigenvalue weighted by molar-refractivity contribution is 0.0817. The average molecular weight is 277 g/mol. The van der Waals surface area contributed by atoms with Crippen LogP contribution in [0.4, 0.5) is 5.69 Å². The van der Waals surface area contributed by atoms with E-state index in [-0.39, 0.29) is 0 Å². The van der Waals surface area contributed by atoms with Gasteiger partial charge in [0.25, 0.3) is 0 Å². The van der Waals surface area contributed by atoms with E-state index >= 15 is 0 Å². The minimum absolute atomic E-state index is 0.535. The number of hydrogen-bond donors (Lipinski definition) is 1. The summed E-state index contributed by atoms with van der Waals surface area (Å²) < 4.78 is 7.65. The lowest BCUT2D eigenvalue weighted by Crippen LogP contribution is -2.22. The van der Waals surface area contributed by atoms with Gasteiger partial charge >= 0.3 is 0 Å². The van der Waals surface area contributed by atoms with Gasteiger partial charge in [-0.05, 0) is 24.2 Å². The molecule has 104 valence electrons. The molecular weight excluding hydrogens is 254 g/mol. The molecule has 0 aliphatic carbocycles. The van der Waals surface area contributed by atoms with Crippen LogP contribution in [0.2, 0.25) is 25.7 Å². The Morgan fingerprint density at radius 1 is 1.32 bits per heavy atom. The molecule has 0 radical (unpaired) electrons. The first-order chi connectivity index (χ1) is 8.99. The second-order valence-corrected chi connectivity index (χ2v) is 11.6. The van der Waals surface area contributed by atoms with Gasteiger partial charge in [-0.3, -0.25) is 0 Å². The zero-order valence-corrected chi connectivity index (χ0v) is 13.2. The molecule has 0 fully saturated rings. The van der Waals surface area contributed by atoms with Crippen molar-refractivity contribution in [1.29, 1.82) is 0 Å². The van der Waals surface area contributed by atoms with Gasteiger partial charge in [0.2, 0.25) is 0 Å². The SMILES string of the molecule is CNc1ccc2c(cnn2COCC[Si](C)(C)C)c1. The van der Waals surface area contributed by atoms with Gasteiger partial charge in [-0.2, -0.15) is 5.10 Å².